The quantitative estimate of drug-likeness (QED) is 0.608. The zero-order valence-corrected chi connectivity index (χ0v) is 13.1. The number of amides is 1. The minimum absolute atomic E-state index is 0.0991. The van der Waals surface area contributed by atoms with Crippen LogP contribution in [0.2, 0.25) is 0 Å². The standard InChI is InChI=1S/C17H28N2O2/c1-14(2)13-19-16(21)17(18,10-6-7-11-20)12-15-8-4-3-5-9-15/h3-5,8-9,14,20H,6-7,10-13,18H2,1-2H3,(H,19,21). The van der Waals surface area contributed by atoms with Crippen LogP contribution in [0.25, 0.3) is 0 Å². The highest BCUT2D eigenvalue weighted by Gasteiger charge is 2.33. The normalized spacial score (nSPS) is 14.0. The second-order valence-electron chi connectivity index (χ2n) is 6.10. The number of rotatable bonds is 9. The van der Waals surface area contributed by atoms with Crippen LogP contribution in [0.3, 0.4) is 0 Å². The molecule has 1 unspecified atom stereocenters. The Balaban J connectivity index is 2.75. The van der Waals surface area contributed by atoms with Gasteiger partial charge >= 0.3 is 0 Å². The van der Waals surface area contributed by atoms with Crippen LogP contribution < -0.4 is 11.1 Å². The number of benzene rings is 1. The minimum atomic E-state index is -0.911. The van der Waals surface area contributed by atoms with Crippen LogP contribution >= 0.6 is 0 Å². The smallest absolute Gasteiger partial charge is 0.240 e. The molecule has 1 aromatic rings. The van der Waals surface area contributed by atoms with Crippen LogP contribution in [-0.2, 0) is 11.2 Å². The number of carbonyl (C=O) groups excluding carboxylic acids is 1. The second-order valence-corrected chi connectivity index (χ2v) is 6.10. The minimum Gasteiger partial charge on any atom is -0.396 e. The summed E-state index contributed by atoms with van der Waals surface area (Å²) in [7, 11) is 0. The molecule has 118 valence electrons. The van der Waals surface area contributed by atoms with E-state index in [1.165, 1.54) is 0 Å². The van der Waals surface area contributed by atoms with E-state index in [1.54, 1.807) is 0 Å². The predicted molar refractivity (Wildman–Crippen MR) is 85.8 cm³/mol. The van der Waals surface area contributed by atoms with Gasteiger partial charge in [0.25, 0.3) is 0 Å². The lowest BCUT2D eigenvalue weighted by atomic mass is 9.85. The Morgan fingerprint density at radius 1 is 1.29 bits per heavy atom. The van der Waals surface area contributed by atoms with Gasteiger partial charge in [0.15, 0.2) is 0 Å². The molecule has 0 bridgehead atoms. The number of aliphatic hydroxyl groups is 1. The third kappa shape index (κ3) is 6.27. The van der Waals surface area contributed by atoms with E-state index in [9.17, 15) is 4.79 Å². The van der Waals surface area contributed by atoms with Crippen molar-refractivity contribution in [2.45, 2.75) is 45.1 Å². The summed E-state index contributed by atoms with van der Waals surface area (Å²) in [6, 6.07) is 9.84. The SMILES string of the molecule is CC(C)CNC(=O)C(N)(CCCCO)Cc1ccccc1. The fourth-order valence-electron chi connectivity index (χ4n) is 2.27. The summed E-state index contributed by atoms with van der Waals surface area (Å²) in [6.45, 7) is 4.88. The fraction of sp³-hybridized carbons (Fsp3) is 0.588. The van der Waals surface area contributed by atoms with Gasteiger partial charge in [-0.2, -0.15) is 0 Å². The number of nitrogens with two attached hydrogens (primary N) is 1. The van der Waals surface area contributed by atoms with Crippen molar-refractivity contribution < 1.29 is 9.90 Å². The lowest BCUT2D eigenvalue weighted by Gasteiger charge is -2.29. The molecule has 0 radical (unpaired) electrons. The third-order valence-corrected chi connectivity index (χ3v) is 3.52. The summed E-state index contributed by atoms with van der Waals surface area (Å²) in [6.07, 6.45) is 2.51. The van der Waals surface area contributed by atoms with Crippen molar-refractivity contribution in [2.24, 2.45) is 11.7 Å². The molecule has 0 fully saturated rings. The van der Waals surface area contributed by atoms with E-state index >= 15 is 0 Å². The van der Waals surface area contributed by atoms with E-state index in [0.29, 0.717) is 31.7 Å². The van der Waals surface area contributed by atoms with Crippen molar-refractivity contribution in [3.05, 3.63) is 35.9 Å². The molecular weight excluding hydrogens is 264 g/mol. The topological polar surface area (TPSA) is 75.4 Å². The van der Waals surface area contributed by atoms with Crippen LogP contribution in [0.15, 0.2) is 30.3 Å². The molecule has 0 aliphatic heterocycles. The first-order valence-corrected chi connectivity index (χ1v) is 7.70. The molecule has 21 heavy (non-hydrogen) atoms. The molecule has 0 saturated carbocycles. The van der Waals surface area contributed by atoms with Gasteiger partial charge in [-0.15, -0.1) is 0 Å². The number of carbonyl (C=O) groups is 1. The molecule has 1 rings (SSSR count). The first-order chi connectivity index (χ1) is 9.98. The van der Waals surface area contributed by atoms with Gasteiger partial charge in [-0.05, 0) is 37.2 Å². The molecule has 1 aromatic carbocycles. The van der Waals surface area contributed by atoms with E-state index in [2.05, 4.69) is 19.2 Å². The van der Waals surface area contributed by atoms with Crippen LogP contribution in [0, 0.1) is 5.92 Å². The molecule has 0 aromatic heterocycles. The van der Waals surface area contributed by atoms with Gasteiger partial charge in [0, 0.05) is 13.2 Å². The number of hydrogen-bond acceptors (Lipinski definition) is 3. The van der Waals surface area contributed by atoms with Crippen LogP contribution in [0.1, 0.15) is 38.7 Å². The van der Waals surface area contributed by atoms with Gasteiger partial charge < -0.3 is 16.2 Å². The maximum Gasteiger partial charge on any atom is 0.240 e. The Bertz CT molecular complexity index is 420. The van der Waals surface area contributed by atoms with Crippen molar-refractivity contribution in [3.63, 3.8) is 0 Å². The number of hydrogen-bond donors (Lipinski definition) is 3. The van der Waals surface area contributed by atoms with Crippen LogP contribution in [0.5, 0.6) is 0 Å². The molecule has 1 atom stereocenters. The lowest BCUT2D eigenvalue weighted by Crippen LogP contribution is -2.56. The van der Waals surface area contributed by atoms with Gasteiger partial charge in [-0.25, -0.2) is 0 Å². The van der Waals surface area contributed by atoms with Crippen molar-refractivity contribution >= 4 is 5.91 Å². The first kappa shape index (κ1) is 17.7. The van der Waals surface area contributed by atoms with Gasteiger partial charge in [0.05, 0.1) is 5.54 Å². The van der Waals surface area contributed by atoms with Crippen molar-refractivity contribution in [1.29, 1.82) is 0 Å². The Morgan fingerprint density at radius 3 is 2.52 bits per heavy atom. The summed E-state index contributed by atoms with van der Waals surface area (Å²) >= 11 is 0. The van der Waals surface area contributed by atoms with Crippen molar-refractivity contribution in [3.8, 4) is 0 Å². The largest absolute Gasteiger partial charge is 0.396 e. The van der Waals surface area contributed by atoms with Gasteiger partial charge in [-0.1, -0.05) is 44.2 Å². The highest BCUT2D eigenvalue weighted by Crippen LogP contribution is 2.18. The highest BCUT2D eigenvalue weighted by atomic mass is 16.2. The third-order valence-electron chi connectivity index (χ3n) is 3.52. The van der Waals surface area contributed by atoms with E-state index in [4.69, 9.17) is 10.8 Å². The maximum absolute atomic E-state index is 12.5. The highest BCUT2D eigenvalue weighted by molar-refractivity contribution is 5.86. The molecule has 4 N–H and O–H groups in total. The lowest BCUT2D eigenvalue weighted by molar-refractivity contribution is -0.126. The summed E-state index contributed by atoms with van der Waals surface area (Å²) in [5.74, 6) is 0.297. The van der Waals surface area contributed by atoms with Crippen molar-refractivity contribution in [1.82, 2.24) is 5.32 Å². The van der Waals surface area contributed by atoms with E-state index in [-0.39, 0.29) is 12.5 Å². The molecule has 0 heterocycles. The summed E-state index contributed by atoms with van der Waals surface area (Å²) in [5, 5.41) is 11.9. The molecule has 0 aliphatic rings. The molecule has 0 aliphatic carbocycles. The van der Waals surface area contributed by atoms with Gasteiger partial charge in [0.2, 0.25) is 5.91 Å². The average molecular weight is 292 g/mol. The molecule has 4 nitrogen and oxygen atoms in total. The number of nitrogens with one attached hydrogen (secondary N) is 1. The zero-order valence-electron chi connectivity index (χ0n) is 13.1. The monoisotopic (exact) mass is 292 g/mol. The Labute approximate surface area is 127 Å². The van der Waals surface area contributed by atoms with Crippen LogP contribution in [-0.4, -0.2) is 29.7 Å². The molecule has 1 amide bonds. The predicted octanol–water partition coefficient (Wildman–Crippen LogP) is 1.86. The Morgan fingerprint density at radius 2 is 1.95 bits per heavy atom. The fourth-order valence-corrected chi connectivity index (χ4v) is 2.27. The first-order valence-electron chi connectivity index (χ1n) is 7.70. The molecule has 0 spiro atoms. The van der Waals surface area contributed by atoms with Crippen molar-refractivity contribution in [2.75, 3.05) is 13.2 Å². The van der Waals surface area contributed by atoms with E-state index < -0.39 is 5.54 Å². The average Bonchev–Trinajstić information content (AvgIpc) is 2.46. The summed E-state index contributed by atoms with van der Waals surface area (Å²) in [4.78, 5) is 12.5. The van der Waals surface area contributed by atoms with E-state index in [0.717, 1.165) is 12.0 Å². The number of aliphatic hydroxyl groups excluding tert-OH is 1. The summed E-state index contributed by atoms with van der Waals surface area (Å²) in [5.41, 5.74) is 6.55. The Hall–Kier alpha value is -1.39. The van der Waals surface area contributed by atoms with Crippen LogP contribution in [0.4, 0.5) is 0 Å². The zero-order chi connectivity index (χ0) is 15.7. The molecule has 4 heteroatoms. The van der Waals surface area contributed by atoms with Gasteiger partial charge in [0.1, 0.15) is 0 Å². The van der Waals surface area contributed by atoms with E-state index in [1.807, 2.05) is 30.3 Å². The second kappa shape index (κ2) is 8.80. The van der Waals surface area contributed by atoms with Gasteiger partial charge in [-0.3, -0.25) is 4.79 Å². The molecular formula is C17H28N2O2. The number of unbranched alkanes of at least 4 members (excludes halogenated alkanes) is 1. The maximum atomic E-state index is 12.5. The molecule has 0 saturated heterocycles. The Kier molecular flexibility index (Phi) is 7.40. The summed E-state index contributed by atoms with van der Waals surface area (Å²) < 4.78 is 0.